The zero-order valence-corrected chi connectivity index (χ0v) is 13.1. The average Bonchev–Trinajstić information content (AvgIpc) is 2.74. The summed E-state index contributed by atoms with van der Waals surface area (Å²) < 4.78 is 2.25. The Labute approximate surface area is 126 Å². The fourth-order valence-electron chi connectivity index (χ4n) is 2.13. The normalized spacial score (nSPS) is 11.2. The number of aryl methyl sites for hydroxylation is 1. The molecule has 1 N–H and O–H groups in total. The summed E-state index contributed by atoms with van der Waals surface area (Å²) in [7, 11) is 0. The molecular weight excluding hydrogens is 270 g/mol. The second kappa shape index (κ2) is 6.91. The lowest BCUT2D eigenvalue weighted by Gasteiger charge is -2.12. The van der Waals surface area contributed by atoms with E-state index in [9.17, 15) is 0 Å². The van der Waals surface area contributed by atoms with Crippen molar-refractivity contribution in [1.29, 1.82) is 0 Å². The maximum atomic E-state index is 5.93. The number of nitrogens with zero attached hydrogens (tertiary/aromatic N) is 2. The summed E-state index contributed by atoms with van der Waals surface area (Å²) in [5.41, 5.74) is 2.46. The maximum Gasteiger partial charge on any atom is 0.106 e. The molecule has 0 aliphatic heterocycles. The van der Waals surface area contributed by atoms with Crippen LogP contribution in [0.2, 0.25) is 5.02 Å². The Morgan fingerprint density at radius 1 is 1.25 bits per heavy atom. The molecule has 0 fully saturated rings. The molecule has 2 rings (SSSR count). The molecule has 0 spiro atoms. The second-order valence-corrected chi connectivity index (χ2v) is 5.97. The van der Waals surface area contributed by atoms with Crippen LogP contribution in [0.3, 0.4) is 0 Å². The predicted molar refractivity (Wildman–Crippen MR) is 84.1 cm³/mol. The molecule has 0 amide bonds. The van der Waals surface area contributed by atoms with Gasteiger partial charge in [0.1, 0.15) is 5.82 Å². The van der Waals surface area contributed by atoms with Gasteiger partial charge < -0.3 is 9.88 Å². The van der Waals surface area contributed by atoms with Crippen LogP contribution in [-0.2, 0) is 13.1 Å². The van der Waals surface area contributed by atoms with Gasteiger partial charge in [0.15, 0.2) is 0 Å². The summed E-state index contributed by atoms with van der Waals surface area (Å²) in [6, 6.07) is 7.99. The minimum atomic E-state index is 0.656. The van der Waals surface area contributed by atoms with Crippen LogP contribution >= 0.6 is 11.6 Å². The van der Waals surface area contributed by atoms with Crippen molar-refractivity contribution in [2.45, 2.75) is 33.9 Å². The van der Waals surface area contributed by atoms with Gasteiger partial charge in [0.25, 0.3) is 0 Å². The highest BCUT2D eigenvalue weighted by Crippen LogP contribution is 2.13. The lowest BCUT2D eigenvalue weighted by molar-refractivity contribution is 0.537. The van der Waals surface area contributed by atoms with E-state index < -0.39 is 0 Å². The van der Waals surface area contributed by atoms with Crippen LogP contribution in [0.4, 0.5) is 0 Å². The molecule has 0 atom stereocenters. The van der Waals surface area contributed by atoms with Gasteiger partial charge in [0.05, 0.1) is 5.69 Å². The predicted octanol–water partition coefficient (Wildman–Crippen LogP) is 3.64. The first-order valence-electron chi connectivity index (χ1n) is 7.02. The van der Waals surface area contributed by atoms with Gasteiger partial charge in [0.2, 0.25) is 0 Å². The number of imidazole rings is 1. The molecule has 0 unspecified atom stereocenters. The summed E-state index contributed by atoms with van der Waals surface area (Å²) >= 11 is 5.93. The van der Waals surface area contributed by atoms with Crippen LogP contribution in [0, 0.1) is 12.8 Å². The number of aromatic nitrogens is 2. The minimum Gasteiger partial charge on any atom is -0.327 e. The molecule has 20 heavy (non-hydrogen) atoms. The number of rotatable bonds is 6. The lowest BCUT2D eigenvalue weighted by Crippen LogP contribution is -2.21. The zero-order valence-electron chi connectivity index (χ0n) is 12.4. The van der Waals surface area contributed by atoms with E-state index in [1.54, 1.807) is 0 Å². The Morgan fingerprint density at radius 3 is 2.60 bits per heavy atom. The van der Waals surface area contributed by atoms with E-state index in [1.807, 2.05) is 25.3 Å². The molecule has 2 aromatic rings. The molecule has 1 aromatic heterocycles. The zero-order chi connectivity index (χ0) is 14.5. The largest absolute Gasteiger partial charge is 0.327 e. The van der Waals surface area contributed by atoms with Gasteiger partial charge in [-0.15, -0.1) is 0 Å². The number of nitrogens with one attached hydrogen (secondary N) is 1. The molecule has 1 aromatic carbocycles. The summed E-state index contributed by atoms with van der Waals surface area (Å²) in [6.45, 7) is 9.17. The van der Waals surface area contributed by atoms with E-state index >= 15 is 0 Å². The molecule has 0 radical (unpaired) electrons. The van der Waals surface area contributed by atoms with Gasteiger partial charge in [0, 0.05) is 24.3 Å². The van der Waals surface area contributed by atoms with E-state index in [1.165, 1.54) is 11.3 Å². The molecule has 0 saturated carbocycles. The van der Waals surface area contributed by atoms with E-state index in [0.717, 1.165) is 30.5 Å². The Kier molecular flexibility index (Phi) is 5.21. The maximum absolute atomic E-state index is 5.93. The summed E-state index contributed by atoms with van der Waals surface area (Å²) in [5.74, 6) is 1.70. The third kappa shape index (κ3) is 4.09. The molecule has 108 valence electrons. The highest BCUT2D eigenvalue weighted by Gasteiger charge is 2.07. The van der Waals surface area contributed by atoms with Crippen LogP contribution in [0.15, 0.2) is 30.5 Å². The SMILES string of the molecule is Cc1ncc(CNCC(C)C)n1Cc1ccc(Cl)cc1. The third-order valence-electron chi connectivity index (χ3n) is 3.25. The van der Waals surface area contributed by atoms with Crippen LogP contribution in [-0.4, -0.2) is 16.1 Å². The first-order chi connectivity index (χ1) is 9.56. The van der Waals surface area contributed by atoms with Gasteiger partial charge in [-0.25, -0.2) is 4.98 Å². The molecule has 1 heterocycles. The van der Waals surface area contributed by atoms with Crippen molar-refractivity contribution >= 4 is 11.6 Å². The van der Waals surface area contributed by atoms with Gasteiger partial charge in [-0.05, 0) is 37.1 Å². The van der Waals surface area contributed by atoms with E-state index in [0.29, 0.717) is 5.92 Å². The molecule has 0 aliphatic carbocycles. The smallest absolute Gasteiger partial charge is 0.106 e. The minimum absolute atomic E-state index is 0.656. The van der Waals surface area contributed by atoms with Gasteiger partial charge in [-0.1, -0.05) is 37.6 Å². The van der Waals surface area contributed by atoms with Crippen LogP contribution < -0.4 is 5.32 Å². The van der Waals surface area contributed by atoms with Crippen molar-refractivity contribution in [3.63, 3.8) is 0 Å². The molecule has 0 bridgehead atoms. The quantitative estimate of drug-likeness (QED) is 0.880. The fraction of sp³-hybridized carbons (Fsp3) is 0.438. The monoisotopic (exact) mass is 291 g/mol. The topological polar surface area (TPSA) is 29.9 Å². The number of hydrogen-bond acceptors (Lipinski definition) is 2. The van der Waals surface area contributed by atoms with Crippen molar-refractivity contribution in [3.8, 4) is 0 Å². The second-order valence-electron chi connectivity index (χ2n) is 5.53. The van der Waals surface area contributed by atoms with Crippen molar-refractivity contribution in [2.75, 3.05) is 6.54 Å². The Balaban J connectivity index is 2.06. The van der Waals surface area contributed by atoms with Crippen molar-refractivity contribution < 1.29 is 0 Å². The summed E-state index contributed by atoms with van der Waals surface area (Å²) in [6.07, 6.45) is 1.96. The summed E-state index contributed by atoms with van der Waals surface area (Å²) in [5, 5.41) is 4.24. The fourth-order valence-corrected chi connectivity index (χ4v) is 2.26. The lowest BCUT2D eigenvalue weighted by atomic mass is 10.2. The van der Waals surface area contributed by atoms with Crippen molar-refractivity contribution in [1.82, 2.24) is 14.9 Å². The first-order valence-corrected chi connectivity index (χ1v) is 7.40. The van der Waals surface area contributed by atoms with Gasteiger partial charge >= 0.3 is 0 Å². The van der Waals surface area contributed by atoms with E-state index in [-0.39, 0.29) is 0 Å². The highest BCUT2D eigenvalue weighted by molar-refractivity contribution is 6.30. The van der Waals surface area contributed by atoms with Crippen molar-refractivity contribution in [2.24, 2.45) is 5.92 Å². The van der Waals surface area contributed by atoms with Crippen LogP contribution in [0.5, 0.6) is 0 Å². The number of halogens is 1. The Hall–Kier alpha value is -1.32. The Bertz CT molecular complexity index is 543. The molecule has 0 aliphatic rings. The molecule has 0 saturated heterocycles. The van der Waals surface area contributed by atoms with Crippen molar-refractivity contribution in [3.05, 3.63) is 52.6 Å². The van der Waals surface area contributed by atoms with Crippen LogP contribution in [0.1, 0.15) is 30.9 Å². The first kappa shape index (κ1) is 15.1. The van der Waals surface area contributed by atoms with E-state index in [2.05, 4.69) is 40.8 Å². The standard InChI is InChI=1S/C16H22ClN3/c1-12(2)8-18-9-16-10-19-13(3)20(16)11-14-4-6-15(17)7-5-14/h4-7,10,12,18H,8-9,11H2,1-3H3. The van der Waals surface area contributed by atoms with Crippen LogP contribution in [0.25, 0.3) is 0 Å². The number of benzene rings is 1. The van der Waals surface area contributed by atoms with Gasteiger partial charge in [-0.2, -0.15) is 0 Å². The Morgan fingerprint density at radius 2 is 1.95 bits per heavy atom. The average molecular weight is 292 g/mol. The molecule has 4 heteroatoms. The molecular formula is C16H22ClN3. The highest BCUT2D eigenvalue weighted by atomic mass is 35.5. The molecule has 3 nitrogen and oxygen atoms in total. The third-order valence-corrected chi connectivity index (χ3v) is 3.50. The summed E-state index contributed by atoms with van der Waals surface area (Å²) in [4.78, 5) is 4.42. The van der Waals surface area contributed by atoms with Gasteiger partial charge in [-0.3, -0.25) is 0 Å². The number of hydrogen-bond donors (Lipinski definition) is 1. The van der Waals surface area contributed by atoms with E-state index in [4.69, 9.17) is 11.6 Å².